The zero-order valence-corrected chi connectivity index (χ0v) is 22.7. The summed E-state index contributed by atoms with van der Waals surface area (Å²) in [5.41, 5.74) is 1.90. The number of methoxy groups -OCH3 is 1. The van der Waals surface area contributed by atoms with Gasteiger partial charge in [-0.2, -0.15) is 0 Å². The average molecular weight is 469 g/mol. The number of aliphatic hydroxyl groups excluding tert-OH is 1. The zero-order chi connectivity index (χ0) is 25.1. The van der Waals surface area contributed by atoms with Crippen LogP contribution in [0.15, 0.2) is 36.0 Å². The van der Waals surface area contributed by atoms with Crippen LogP contribution in [0.4, 0.5) is 0 Å². The average Bonchev–Trinajstić information content (AvgIpc) is 3.06. The fourth-order valence-electron chi connectivity index (χ4n) is 9.37. The Morgan fingerprint density at radius 1 is 1.18 bits per heavy atom. The van der Waals surface area contributed by atoms with E-state index in [1.807, 2.05) is 7.11 Å². The van der Waals surface area contributed by atoms with E-state index in [-0.39, 0.29) is 40.3 Å². The second-order valence-corrected chi connectivity index (χ2v) is 13.3. The maximum Gasteiger partial charge on any atom is 0.127 e. The third-order valence-corrected chi connectivity index (χ3v) is 11.5. The highest BCUT2D eigenvalue weighted by molar-refractivity contribution is 5.65. The summed E-state index contributed by atoms with van der Waals surface area (Å²) in [6, 6.07) is 0. The number of fused-ring (bicyclic) bond motifs is 5. The first-order valence-corrected chi connectivity index (χ1v) is 13.6. The molecule has 34 heavy (non-hydrogen) atoms. The van der Waals surface area contributed by atoms with Crippen LogP contribution < -0.4 is 0 Å². The number of allylic oxidation sites excluding steroid dienone is 3. The first-order chi connectivity index (χ1) is 15.9. The molecule has 190 valence electrons. The van der Waals surface area contributed by atoms with Gasteiger partial charge >= 0.3 is 0 Å². The van der Waals surface area contributed by atoms with Crippen molar-refractivity contribution in [1.82, 2.24) is 0 Å². The van der Waals surface area contributed by atoms with Gasteiger partial charge in [-0.3, -0.25) is 0 Å². The van der Waals surface area contributed by atoms with Crippen LogP contribution in [0.5, 0.6) is 0 Å². The maximum absolute atomic E-state index is 13.2. The van der Waals surface area contributed by atoms with E-state index in [0.717, 1.165) is 44.1 Å². The molecule has 0 spiro atoms. The molecule has 0 saturated heterocycles. The zero-order valence-electron chi connectivity index (χ0n) is 22.7. The Labute approximate surface area is 208 Å². The van der Waals surface area contributed by atoms with Crippen molar-refractivity contribution in [3.8, 4) is 0 Å². The van der Waals surface area contributed by atoms with Gasteiger partial charge in [0.05, 0.1) is 12.2 Å². The van der Waals surface area contributed by atoms with Gasteiger partial charge in [0.15, 0.2) is 0 Å². The summed E-state index contributed by atoms with van der Waals surface area (Å²) in [4.78, 5) is 13.2. The number of ether oxygens (including phenoxy) is 1. The van der Waals surface area contributed by atoms with Crippen LogP contribution in [0.2, 0.25) is 0 Å². The maximum atomic E-state index is 13.2. The van der Waals surface area contributed by atoms with E-state index in [0.29, 0.717) is 11.8 Å². The molecule has 3 fully saturated rings. The van der Waals surface area contributed by atoms with Crippen LogP contribution >= 0.6 is 0 Å². The second kappa shape index (κ2) is 8.73. The van der Waals surface area contributed by atoms with Gasteiger partial charge in [0, 0.05) is 23.9 Å². The molecular formula is C31H48O3. The van der Waals surface area contributed by atoms with Crippen molar-refractivity contribution in [3.05, 3.63) is 36.0 Å². The third kappa shape index (κ3) is 3.47. The van der Waals surface area contributed by atoms with Crippen LogP contribution in [0, 0.1) is 45.3 Å². The minimum atomic E-state index is -0.394. The molecule has 0 amide bonds. The molecule has 9 unspecified atom stereocenters. The van der Waals surface area contributed by atoms with Crippen molar-refractivity contribution < 1.29 is 14.6 Å². The van der Waals surface area contributed by atoms with Gasteiger partial charge in [-0.1, -0.05) is 70.6 Å². The lowest BCUT2D eigenvalue weighted by Gasteiger charge is -2.66. The highest BCUT2D eigenvalue weighted by Gasteiger charge is 2.70. The van der Waals surface area contributed by atoms with E-state index in [1.54, 1.807) is 0 Å². The first-order valence-electron chi connectivity index (χ1n) is 13.6. The van der Waals surface area contributed by atoms with E-state index in [1.165, 1.54) is 18.3 Å². The van der Waals surface area contributed by atoms with Crippen LogP contribution in [-0.2, 0) is 9.53 Å². The summed E-state index contributed by atoms with van der Waals surface area (Å²) < 4.78 is 6.23. The molecule has 0 aromatic rings. The summed E-state index contributed by atoms with van der Waals surface area (Å²) >= 11 is 0. The van der Waals surface area contributed by atoms with Crippen molar-refractivity contribution in [2.75, 3.05) is 7.11 Å². The fourth-order valence-corrected chi connectivity index (χ4v) is 9.37. The van der Waals surface area contributed by atoms with Crippen LogP contribution in [0.1, 0.15) is 86.5 Å². The smallest absolute Gasteiger partial charge is 0.127 e. The summed E-state index contributed by atoms with van der Waals surface area (Å²) in [6.07, 6.45) is 14.9. The largest absolute Gasteiger partial charge is 0.392 e. The molecule has 0 radical (unpaired) electrons. The second-order valence-electron chi connectivity index (χ2n) is 13.3. The SMILES string of the molecule is C=C(C)C=CCC(C)C1CCC2(C)C3C(OC)C=C4C(CCC(O)C4(C)C)C3(C=O)CCC12C. The van der Waals surface area contributed by atoms with Crippen LogP contribution in [-0.4, -0.2) is 30.7 Å². The lowest BCUT2D eigenvalue weighted by atomic mass is 9.38. The number of carbonyl (C=O) groups is 1. The molecule has 3 heteroatoms. The van der Waals surface area contributed by atoms with Crippen molar-refractivity contribution in [2.24, 2.45) is 45.3 Å². The molecule has 4 rings (SSSR count). The van der Waals surface area contributed by atoms with E-state index >= 15 is 0 Å². The fraction of sp³-hybridized carbons (Fsp3) is 0.774. The van der Waals surface area contributed by atoms with Crippen LogP contribution in [0.3, 0.4) is 0 Å². The minimum absolute atomic E-state index is 0.0477. The van der Waals surface area contributed by atoms with E-state index in [4.69, 9.17) is 4.74 Å². The molecule has 4 aliphatic rings. The number of hydrogen-bond donors (Lipinski definition) is 1. The van der Waals surface area contributed by atoms with Crippen molar-refractivity contribution in [1.29, 1.82) is 0 Å². The van der Waals surface area contributed by atoms with Gasteiger partial charge in [0.25, 0.3) is 0 Å². The van der Waals surface area contributed by atoms with Gasteiger partial charge in [-0.25, -0.2) is 0 Å². The Morgan fingerprint density at radius 3 is 2.50 bits per heavy atom. The molecular weight excluding hydrogens is 420 g/mol. The molecule has 1 N–H and O–H groups in total. The first kappa shape index (κ1) is 25.9. The summed E-state index contributed by atoms with van der Waals surface area (Å²) in [5, 5.41) is 10.8. The Bertz CT molecular complexity index is 883. The van der Waals surface area contributed by atoms with Gasteiger partial charge in [0.1, 0.15) is 6.29 Å². The monoisotopic (exact) mass is 468 g/mol. The van der Waals surface area contributed by atoms with Crippen molar-refractivity contribution in [2.45, 2.75) is 98.7 Å². The summed E-state index contributed by atoms with van der Waals surface area (Å²) in [6.45, 7) is 17.8. The molecule has 9 atom stereocenters. The molecule has 0 aliphatic heterocycles. The van der Waals surface area contributed by atoms with Gasteiger partial charge in [-0.05, 0) is 80.5 Å². The minimum Gasteiger partial charge on any atom is -0.392 e. The highest BCUT2D eigenvalue weighted by Crippen LogP contribution is 2.74. The molecule has 0 aromatic carbocycles. The Morgan fingerprint density at radius 2 is 1.88 bits per heavy atom. The predicted molar refractivity (Wildman–Crippen MR) is 139 cm³/mol. The molecule has 3 saturated carbocycles. The number of rotatable bonds is 6. The van der Waals surface area contributed by atoms with E-state index < -0.39 is 5.41 Å². The van der Waals surface area contributed by atoms with Crippen molar-refractivity contribution in [3.63, 3.8) is 0 Å². The van der Waals surface area contributed by atoms with Gasteiger partial charge in [0.2, 0.25) is 0 Å². The quantitative estimate of drug-likeness (QED) is 0.262. The van der Waals surface area contributed by atoms with Gasteiger partial charge in [-0.15, -0.1) is 0 Å². The molecule has 0 bridgehead atoms. The molecule has 4 aliphatic carbocycles. The van der Waals surface area contributed by atoms with E-state index in [9.17, 15) is 9.90 Å². The highest BCUT2D eigenvalue weighted by atomic mass is 16.5. The predicted octanol–water partition coefficient (Wildman–Crippen LogP) is 6.91. The number of hydrogen-bond acceptors (Lipinski definition) is 3. The summed E-state index contributed by atoms with van der Waals surface area (Å²) in [5.74, 6) is 1.65. The molecule has 0 aromatic heterocycles. The lowest BCUT2D eigenvalue weighted by Crippen LogP contribution is -2.64. The summed E-state index contributed by atoms with van der Waals surface area (Å²) in [7, 11) is 1.82. The Kier molecular flexibility index (Phi) is 6.65. The topological polar surface area (TPSA) is 46.5 Å². The standard InChI is InChI=1S/C31H48O3/c1-20(2)10-9-11-21(3)22-14-15-30(7)27-25(34-8)18-24-23(12-13-26(33)28(24,4)5)31(27,19-32)17-16-29(22,30)6/h9-10,18-19,21-23,25-27,33H,1,11-17H2,2-8H3. The number of aldehydes is 1. The normalized spacial score (nSPS) is 46.2. The van der Waals surface area contributed by atoms with Crippen molar-refractivity contribution >= 4 is 6.29 Å². The number of aliphatic hydroxyl groups is 1. The van der Waals surface area contributed by atoms with Crippen LogP contribution in [0.25, 0.3) is 0 Å². The lowest BCUT2D eigenvalue weighted by molar-refractivity contribution is -0.186. The Hall–Kier alpha value is -1.19. The number of carbonyl (C=O) groups excluding carboxylic acids is 1. The third-order valence-electron chi connectivity index (χ3n) is 11.5. The van der Waals surface area contributed by atoms with E-state index in [2.05, 4.69) is 66.3 Å². The van der Waals surface area contributed by atoms with Gasteiger partial charge < -0.3 is 14.6 Å². The molecule has 3 nitrogen and oxygen atoms in total. The molecule has 0 heterocycles. The Balaban J connectivity index is 1.76.